The molecule has 2 aromatic rings. The van der Waals surface area contributed by atoms with Gasteiger partial charge in [0.1, 0.15) is 5.76 Å². The standard InChI is InChI=1S/C9H9N3O2/c13-7-4-10-9(11-5-7)12-6-8-2-1-3-14-8/h1-5,13H,6H2,(H,10,11,12). The van der Waals surface area contributed by atoms with Crippen LogP contribution in [0.1, 0.15) is 5.76 Å². The fraction of sp³-hybridized carbons (Fsp3) is 0.111. The van der Waals surface area contributed by atoms with E-state index in [0.29, 0.717) is 12.5 Å². The van der Waals surface area contributed by atoms with Crippen LogP contribution >= 0.6 is 0 Å². The van der Waals surface area contributed by atoms with Gasteiger partial charge in [0.25, 0.3) is 0 Å². The summed E-state index contributed by atoms with van der Waals surface area (Å²) in [5.41, 5.74) is 0. The van der Waals surface area contributed by atoms with Gasteiger partial charge in [-0.3, -0.25) is 0 Å². The second-order valence-corrected chi connectivity index (χ2v) is 2.70. The van der Waals surface area contributed by atoms with Gasteiger partial charge in [-0.1, -0.05) is 0 Å². The summed E-state index contributed by atoms with van der Waals surface area (Å²) in [7, 11) is 0. The molecule has 0 saturated carbocycles. The summed E-state index contributed by atoms with van der Waals surface area (Å²) in [6, 6.07) is 3.67. The van der Waals surface area contributed by atoms with Gasteiger partial charge in [-0.05, 0) is 12.1 Å². The second kappa shape index (κ2) is 3.78. The van der Waals surface area contributed by atoms with Gasteiger partial charge in [-0.25, -0.2) is 9.97 Å². The molecule has 72 valence electrons. The Morgan fingerprint density at radius 1 is 1.36 bits per heavy atom. The largest absolute Gasteiger partial charge is 0.505 e. The van der Waals surface area contributed by atoms with Gasteiger partial charge >= 0.3 is 0 Å². The highest BCUT2D eigenvalue weighted by molar-refractivity contribution is 5.26. The maximum absolute atomic E-state index is 8.94. The van der Waals surface area contributed by atoms with Crippen LogP contribution in [0.15, 0.2) is 35.2 Å². The lowest BCUT2D eigenvalue weighted by molar-refractivity contribution is 0.469. The number of hydrogen-bond donors (Lipinski definition) is 2. The SMILES string of the molecule is Oc1cnc(NCc2ccco2)nc1. The molecule has 2 aromatic heterocycles. The van der Waals surface area contributed by atoms with E-state index in [1.54, 1.807) is 6.26 Å². The van der Waals surface area contributed by atoms with E-state index in [2.05, 4.69) is 15.3 Å². The van der Waals surface area contributed by atoms with Gasteiger partial charge in [0.05, 0.1) is 25.2 Å². The first-order valence-corrected chi connectivity index (χ1v) is 4.12. The van der Waals surface area contributed by atoms with Crippen molar-refractivity contribution in [2.45, 2.75) is 6.54 Å². The van der Waals surface area contributed by atoms with Gasteiger partial charge in [0.15, 0.2) is 5.75 Å². The first-order chi connectivity index (χ1) is 6.84. The molecule has 14 heavy (non-hydrogen) atoms. The highest BCUT2D eigenvalue weighted by Gasteiger charge is 1.97. The van der Waals surface area contributed by atoms with Crippen LogP contribution in [0, 0.1) is 0 Å². The minimum absolute atomic E-state index is 0.0496. The number of nitrogens with zero attached hydrogens (tertiary/aromatic N) is 2. The van der Waals surface area contributed by atoms with Crippen LogP contribution in [-0.4, -0.2) is 15.1 Å². The Morgan fingerprint density at radius 3 is 2.79 bits per heavy atom. The summed E-state index contributed by atoms with van der Waals surface area (Å²) < 4.78 is 5.11. The molecule has 0 aromatic carbocycles. The van der Waals surface area contributed by atoms with Crippen LogP contribution in [0.2, 0.25) is 0 Å². The maximum Gasteiger partial charge on any atom is 0.223 e. The molecular formula is C9H9N3O2. The quantitative estimate of drug-likeness (QED) is 0.767. The van der Waals surface area contributed by atoms with Crippen molar-refractivity contribution in [3.8, 4) is 5.75 Å². The number of rotatable bonds is 3. The van der Waals surface area contributed by atoms with E-state index in [1.165, 1.54) is 12.4 Å². The minimum Gasteiger partial charge on any atom is -0.505 e. The molecule has 0 radical (unpaired) electrons. The van der Waals surface area contributed by atoms with E-state index in [9.17, 15) is 0 Å². The first-order valence-electron chi connectivity index (χ1n) is 4.12. The van der Waals surface area contributed by atoms with E-state index >= 15 is 0 Å². The van der Waals surface area contributed by atoms with Gasteiger partial charge in [0, 0.05) is 0 Å². The monoisotopic (exact) mass is 191 g/mol. The van der Waals surface area contributed by atoms with Crippen molar-refractivity contribution in [1.29, 1.82) is 0 Å². The molecule has 0 aliphatic heterocycles. The van der Waals surface area contributed by atoms with Crippen LogP contribution in [-0.2, 0) is 6.54 Å². The maximum atomic E-state index is 8.94. The normalized spacial score (nSPS) is 10.0. The molecule has 2 rings (SSSR count). The second-order valence-electron chi connectivity index (χ2n) is 2.70. The lowest BCUT2D eigenvalue weighted by Crippen LogP contribution is -2.01. The summed E-state index contributed by atoms with van der Waals surface area (Å²) in [6.07, 6.45) is 4.27. The first kappa shape index (κ1) is 8.55. The fourth-order valence-electron chi connectivity index (χ4n) is 0.992. The van der Waals surface area contributed by atoms with Crippen LogP contribution in [0.5, 0.6) is 5.75 Å². The molecule has 0 spiro atoms. The van der Waals surface area contributed by atoms with Gasteiger partial charge in [0.2, 0.25) is 5.95 Å². The molecule has 0 aliphatic rings. The third kappa shape index (κ3) is 2.01. The molecule has 0 aliphatic carbocycles. The van der Waals surface area contributed by atoms with Crippen LogP contribution in [0.3, 0.4) is 0 Å². The van der Waals surface area contributed by atoms with E-state index in [1.807, 2.05) is 12.1 Å². The fourth-order valence-corrected chi connectivity index (χ4v) is 0.992. The number of anilines is 1. The van der Waals surface area contributed by atoms with E-state index in [-0.39, 0.29) is 5.75 Å². The third-order valence-electron chi connectivity index (χ3n) is 1.64. The Bertz CT molecular complexity index is 383. The number of aromatic hydroxyl groups is 1. The minimum atomic E-state index is 0.0496. The average Bonchev–Trinajstić information content (AvgIpc) is 2.70. The summed E-state index contributed by atoms with van der Waals surface area (Å²) in [4.78, 5) is 7.73. The summed E-state index contributed by atoms with van der Waals surface area (Å²) in [6.45, 7) is 0.526. The summed E-state index contributed by atoms with van der Waals surface area (Å²) in [5, 5.41) is 11.9. The third-order valence-corrected chi connectivity index (χ3v) is 1.64. The molecule has 0 bridgehead atoms. The van der Waals surface area contributed by atoms with Crippen LogP contribution in [0.4, 0.5) is 5.95 Å². The van der Waals surface area contributed by atoms with Gasteiger partial charge in [-0.15, -0.1) is 0 Å². The lowest BCUT2D eigenvalue weighted by atomic mass is 10.4. The predicted octanol–water partition coefficient (Wildman–Crippen LogP) is 1.39. The van der Waals surface area contributed by atoms with Crippen LogP contribution in [0.25, 0.3) is 0 Å². The number of hydrogen-bond acceptors (Lipinski definition) is 5. The van der Waals surface area contributed by atoms with Crippen molar-refractivity contribution in [2.24, 2.45) is 0 Å². The highest BCUT2D eigenvalue weighted by atomic mass is 16.3. The van der Waals surface area contributed by atoms with E-state index < -0.39 is 0 Å². The molecule has 0 saturated heterocycles. The molecular weight excluding hydrogens is 182 g/mol. The zero-order valence-corrected chi connectivity index (χ0v) is 7.34. The molecule has 0 unspecified atom stereocenters. The van der Waals surface area contributed by atoms with Crippen molar-refractivity contribution in [3.63, 3.8) is 0 Å². The molecule has 0 atom stereocenters. The van der Waals surface area contributed by atoms with Gasteiger partial charge < -0.3 is 14.8 Å². The topological polar surface area (TPSA) is 71.2 Å². The zero-order chi connectivity index (χ0) is 9.80. The molecule has 2 N–H and O–H groups in total. The van der Waals surface area contributed by atoms with Crippen molar-refractivity contribution in [3.05, 3.63) is 36.5 Å². The molecule has 2 heterocycles. The van der Waals surface area contributed by atoms with Crippen molar-refractivity contribution >= 4 is 5.95 Å². The average molecular weight is 191 g/mol. The zero-order valence-electron chi connectivity index (χ0n) is 7.34. The van der Waals surface area contributed by atoms with E-state index in [4.69, 9.17) is 9.52 Å². The highest BCUT2D eigenvalue weighted by Crippen LogP contribution is 2.07. The number of furan rings is 1. The number of aromatic nitrogens is 2. The lowest BCUT2D eigenvalue weighted by Gasteiger charge is -2.01. The Balaban J connectivity index is 1.95. The smallest absolute Gasteiger partial charge is 0.223 e. The Morgan fingerprint density at radius 2 is 2.14 bits per heavy atom. The Hall–Kier alpha value is -2.04. The summed E-state index contributed by atoms with van der Waals surface area (Å²) >= 11 is 0. The van der Waals surface area contributed by atoms with Crippen molar-refractivity contribution in [2.75, 3.05) is 5.32 Å². The molecule has 5 nitrogen and oxygen atoms in total. The van der Waals surface area contributed by atoms with Crippen LogP contribution < -0.4 is 5.32 Å². The predicted molar refractivity (Wildman–Crippen MR) is 49.7 cm³/mol. The van der Waals surface area contributed by atoms with Crippen molar-refractivity contribution in [1.82, 2.24) is 9.97 Å². The van der Waals surface area contributed by atoms with Crippen molar-refractivity contribution < 1.29 is 9.52 Å². The summed E-state index contributed by atoms with van der Waals surface area (Å²) in [5.74, 6) is 1.31. The van der Waals surface area contributed by atoms with Gasteiger partial charge in [-0.2, -0.15) is 0 Å². The molecule has 5 heteroatoms. The number of nitrogens with one attached hydrogen (secondary N) is 1. The Kier molecular flexibility index (Phi) is 2.31. The molecule has 0 amide bonds. The Labute approximate surface area is 80.4 Å². The van der Waals surface area contributed by atoms with E-state index in [0.717, 1.165) is 5.76 Å². The molecule has 0 fully saturated rings.